The summed E-state index contributed by atoms with van der Waals surface area (Å²) in [6.45, 7) is 0.962. The van der Waals surface area contributed by atoms with Crippen LogP contribution in [0.5, 0.6) is 5.75 Å². The Bertz CT molecular complexity index is 335. The van der Waals surface area contributed by atoms with Crippen molar-refractivity contribution in [3.05, 3.63) is 29.6 Å². The fourth-order valence-electron chi connectivity index (χ4n) is 1.53. The smallest absolute Gasteiger partial charge is 0.132 e. The van der Waals surface area contributed by atoms with Gasteiger partial charge in [-0.05, 0) is 6.07 Å². The molecular formula is C11H13FO3. The summed E-state index contributed by atoms with van der Waals surface area (Å²) in [7, 11) is 0. The van der Waals surface area contributed by atoms with Crippen LogP contribution in [-0.4, -0.2) is 24.4 Å². The van der Waals surface area contributed by atoms with E-state index in [-0.39, 0.29) is 18.3 Å². The molecule has 1 N–H and O–H groups in total. The molecule has 3 nitrogen and oxygen atoms in total. The van der Waals surface area contributed by atoms with Crippen molar-refractivity contribution in [2.24, 2.45) is 0 Å². The van der Waals surface area contributed by atoms with Gasteiger partial charge in [0.25, 0.3) is 0 Å². The van der Waals surface area contributed by atoms with Crippen LogP contribution in [0.3, 0.4) is 0 Å². The molecule has 1 aliphatic heterocycles. The van der Waals surface area contributed by atoms with Gasteiger partial charge >= 0.3 is 0 Å². The molecule has 2 rings (SSSR count). The third-order valence-electron chi connectivity index (χ3n) is 2.39. The van der Waals surface area contributed by atoms with Gasteiger partial charge in [0.1, 0.15) is 17.7 Å². The molecule has 0 radical (unpaired) electrons. The van der Waals surface area contributed by atoms with E-state index >= 15 is 0 Å². The van der Waals surface area contributed by atoms with Crippen molar-refractivity contribution in [2.45, 2.75) is 19.1 Å². The highest BCUT2D eigenvalue weighted by Gasteiger charge is 2.17. The van der Waals surface area contributed by atoms with E-state index in [0.29, 0.717) is 19.0 Å². The predicted molar refractivity (Wildman–Crippen MR) is 52.2 cm³/mol. The Morgan fingerprint density at radius 1 is 1.53 bits per heavy atom. The lowest BCUT2D eigenvalue weighted by atomic mass is 10.2. The Balaban J connectivity index is 2.05. The molecule has 0 aromatic heterocycles. The number of hydrogen-bond acceptors (Lipinski definition) is 3. The second-order valence-corrected chi connectivity index (χ2v) is 3.51. The largest absolute Gasteiger partial charge is 0.488 e. The van der Waals surface area contributed by atoms with Gasteiger partial charge in [0, 0.05) is 18.1 Å². The molecule has 0 amide bonds. The number of benzene rings is 1. The molecule has 15 heavy (non-hydrogen) atoms. The van der Waals surface area contributed by atoms with E-state index in [1.165, 1.54) is 12.1 Å². The number of hydrogen-bond donors (Lipinski definition) is 1. The number of rotatable bonds is 3. The topological polar surface area (TPSA) is 38.7 Å². The van der Waals surface area contributed by atoms with Crippen LogP contribution in [0.2, 0.25) is 0 Å². The summed E-state index contributed by atoms with van der Waals surface area (Å²) >= 11 is 0. The van der Waals surface area contributed by atoms with Gasteiger partial charge in [-0.25, -0.2) is 4.39 Å². The number of aliphatic hydroxyl groups excluding tert-OH is 1. The molecule has 1 atom stereocenters. The highest BCUT2D eigenvalue weighted by Crippen LogP contribution is 2.20. The van der Waals surface area contributed by atoms with Gasteiger partial charge < -0.3 is 14.6 Å². The normalized spacial score (nSPS) is 20.5. The maximum Gasteiger partial charge on any atom is 0.132 e. The van der Waals surface area contributed by atoms with Crippen LogP contribution in [0.1, 0.15) is 12.0 Å². The molecule has 4 heteroatoms. The lowest BCUT2D eigenvalue weighted by Gasteiger charge is -2.12. The molecule has 1 aliphatic rings. The predicted octanol–water partition coefficient (Wildman–Crippen LogP) is 1.49. The Morgan fingerprint density at radius 2 is 2.40 bits per heavy atom. The number of halogens is 1. The maximum atomic E-state index is 13.3. The zero-order valence-electron chi connectivity index (χ0n) is 8.28. The Morgan fingerprint density at radius 3 is 3.00 bits per heavy atom. The zero-order chi connectivity index (χ0) is 10.7. The van der Waals surface area contributed by atoms with Crippen molar-refractivity contribution >= 4 is 0 Å². The van der Waals surface area contributed by atoms with E-state index < -0.39 is 5.82 Å². The summed E-state index contributed by atoms with van der Waals surface area (Å²) in [6.07, 6.45) is 0.855. The third kappa shape index (κ3) is 2.46. The molecule has 1 heterocycles. The van der Waals surface area contributed by atoms with Gasteiger partial charge in [0.2, 0.25) is 0 Å². The van der Waals surface area contributed by atoms with E-state index in [0.717, 1.165) is 6.42 Å². The highest BCUT2D eigenvalue weighted by molar-refractivity contribution is 5.28. The van der Waals surface area contributed by atoms with Crippen molar-refractivity contribution in [1.82, 2.24) is 0 Å². The average Bonchev–Trinajstić information content (AvgIpc) is 2.71. The zero-order valence-corrected chi connectivity index (χ0v) is 8.28. The van der Waals surface area contributed by atoms with Gasteiger partial charge in [-0.3, -0.25) is 0 Å². The molecule has 0 bridgehead atoms. The number of ether oxygens (including phenoxy) is 2. The van der Waals surface area contributed by atoms with Crippen molar-refractivity contribution in [3.8, 4) is 5.75 Å². The van der Waals surface area contributed by atoms with Crippen LogP contribution in [0.25, 0.3) is 0 Å². The van der Waals surface area contributed by atoms with E-state index in [1.807, 2.05) is 0 Å². The quantitative estimate of drug-likeness (QED) is 0.824. The van der Waals surface area contributed by atoms with Crippen molar-refractivity contribution in [3.63, 3.8) is 0 Å². The Labute approximate surface area is 87.4 Å². The molecular weight excluding hydrogens is 199 g/mol. The van der Waals surface area contributed by atoms with E-state index in [2.05, 4.69) is 0 Å². The van der Waals surface area contributed by atoms with Crippen LogP contribution >= 0.6 is 0 Å². The summed E-state index contributed by atoms with van der Waals surface area (Å²) in [5, 5.41) is 8.79. The van der Waals surface area contributed by atoms with Gasteiger partial charge in [-0.2, -0.15) is 0 Å². The molecule has 0 aliphatic carbocycles. The fourth-order valence-corrected chi connectivity index (χ4v) is 1.53. The Kier molecular flexibility index (Phi) is 3.18. The molecule has 82 valence electrons. The van der Waals surface area contributed by atoms with Gasteiger partial charge in [-0.1, -0.05) is 6.07 Å². The molecule has 1 fully saturated rings. The molecule has 0 spiro atoms. The van der Waals surface area contributed by atoms with Gasteiger partial charge in [0.05, 0.1) is 19.8 Å². The second-order valence-electron chi connectivity index (χ2n) is 3.51. The minimum atomic E-state index is -0.436. The monoisotopic (exact) mass is 212 g/mol. The van der Waals surface area contributed by atoms with Crippen LogP contribution < -0.4 is 4.74 Å². The first-order valence-corrected chi connectivity index (χ1v) is 4.93. The van der Waals surface area contributed by atoms with Crippen LogP contribution in [0.4, 0.5) is 4.39 Å². The molecule has 1 aromatic carbocycles. The first-order chi connectivity index (χ1) is 7.29. The third-order valence-corrected chi connectivity index (χ3v) is 2.39. The van der Waals surface area contributed by atoms with Gasteiger partial charge in [-0.15, -0.1) is 0 Å². The minimum Gasteiger partial charge on any atom is -0.488 e. The summed E-state index contributed by atoms with van der Waals surface area (Å²) in [5.74, 6) is 0.0501. The minimum absolute atomic E-state index is 0.0179. The second kappa shape index (κ2) is 4.59. The average molecular weight is 212 g/mol. The molecule has 0 saturated carbocycles. The SMILES string of the molecule is OCc1ccc(OC2CCOC2)cc1F. The van der Waals surface area contributed by atoms with Crippen LogP contribution in [0.15, 0.2) is 18.2 Å². The summed E-state index contributed by atoms with van der Waals surface area (Å²) in [5.41, 5.74) is 0.282. The van der Waals surface area contributed by atoms with Crippen LogP contribution in [0, 0.1) is 5.82 Å². The summed E-state index contributed by atoms with van der Waals surface area (Å²) in [4.78, 5) is 0. The van der Waals surface area contributed by atoms with Gasteiger partial charge in [0.15, 0.2) is 0 Å². The van der Waals surface area contributed by atoms with E-state index in [1.54, 1.807) is 6.07 Å². The summed E-state index contributed by atoms with van der Waals surface area (Å²) in [6, 6.07) is 4.48. The van der Waals surface area contributed by atoms with E-state index in [4.69, 9.17) is 14.6 Å². The first kappa shape index (κ1) is 10.4. The standard InChI is InChI=1S/C11H13FO3/c12-11-5-9(2-1-8(11)6-13)15-10-3-4-14-7-10/h1-2,5,10,13H,3-4,6-7H2. The highest BCUT2D eigenvalue weighted by atomic mass is 19.1. The van der Waals surface area contributed by atoms with Crippen LogP contribution in [-0.2, 0) is 11.3 Å². The molecule has 1 saturated heterocycles. The van der Waals surface area contributed by atoms with Crippen molar-refractivity contribution in [2.75, 3.05) is 13.2 Å². The molecule has 1 unspecified atom stereocenters. The van der Waals surface area contributed by atoms with Crippen molar-refractivity contribution < 1.29 is 19.0 Å². The Hall–Kier alpha value is -1.13. The first-order valence-electron chi connectivity index (χ1n) is 4.93. The lowest BCUT2D eigenvalue weighted by molar-refractivity contribution is 0.141. The van der Waals surface area contributed by atoms with Crippen molar-refractivity contribution in [1.29, 1.82) is 0 Å². The maximum absolute atomic E-state index is 13.3. The lowest BCUT2D eigenvalue weighted by Crippen LogP contribution is -2.15. The number of aliphatic hydroxyl groups is 1. The summed E-state index contributed by atoms with van der Waals surface area (Å²) < 4.78 is 23.9. The van der Waals surface area contributed by atoms with E-state index in [9.17, 15) is 4.39 Å². The molecule has 1 aromatic rings. The fraction of sp³-hybridized carbons (Fsp3) is 0.455.